The lowest BCUT2D eigenvalue weighted by molar-refractivity contribution is -0.131. The molecule has 0 atom stereocenters. The van der Waals surface area contributed by atoms with Gasteiger partial charge in [-0.2, -0.15) is 13.9 Å². The van der Waals surface area contributed by atoms with Crippen molar-refractivity contribution >= 4 is 29.2 Å². The predicted molar refractivity (Wildman–Crippen MR) is 110 cm³/mol. The Kier molecular flexibility index (Phi) is 7.35. The summed E-state index contributed by atoms with van der Waals surface area (Å²) in [6.07, 6.45) is 1.03. The lowest BCUT2D eigenvalue weighted by atomic mass is 9.82. The Labute approximate surface area is 177 Å². The van der Waals surface area contributed by atoms with Gasteiger partial charge in [-0.25, -0.2) is 9.07 Å². The number of likely N-dealkylation sites (N-methyl/N-ethyl adjacent to an activating group) is 1. The van der Waals surface area contributed by atoms with Crippen molar-refractivity contribution in [1.82, 2.24) is 14.7 Å². The van der Waals surface area contributed by atoms with E-state index in [2.05, 4.69) is 15.4 Å². The molecular formula is C19H24ClF3N6O. The number of alkyl halides is 2. The molecule has 0 aliphatic carbocycles. The van der Waals surface area contributed by atoms with Gasteiger partial charge in [0.2, 0.25) is 5.91 Å². The second kappa shape index (κ2) is 9.38. The normalized spacial score (nSPS) is 12.4. The second-order valence-electron chi connectivity index (χ2n) is 7.05. The smallest absolute Gasteiger partial charge is 0.333 e. The van der Waals surface area contributed by atoms with Crippen LogP contribution in [0.25, 0.3) is 0 Å². The minimum atomic E-state index is -2.80. The fourth-order valence-electron chi connectivity index (χ4n) is 2.83. The summed E-state index contributed by atoms with van der Waals surface area (Å²) >= 11 is 5.93. The Morgan fingerprint density at radius 2 is 2.10 bits per heavy atom. The van der Waals surface area contributed by atoms with Gasteiger partial charge in [-0.15, -0.1) is 0 Å². The highest BCUT2D eigenvalue weighted by atomic mass is 35.5. The number of nitrogens with zero attached hydrogens (tertiary/aromatic N) is 4. The van der Waals surface area contributed by atoms with Gasteiger partial charge in [0, 0.05) is 31.0 Å². The summed E-state index contributed by atoms with van der Waals surface area (Å²) in [5, 5.41) is 6.75. The lowest BCUT2D eigenvalue weighted by Crippen LogP contribution is -2.47. The molecule has 0 radical (unpaired) electrons. The molecule has 0 unspecified atom stereocenters. The lowest BCUT2D eigenvalue weighted by Gasteiger charge is -2.30. The molecule has 0 fully saturated rings. The predicted octanol–water partition coefficient (Wildman–Crippen LogP) is 3.75. The van der Waals surface area contributed by atoms with E-state index in [1.54, 1.807) is 20.8 Å². The van der Waals surface area contributed by atoms with Crippen molar-refractivity contribution in [2.75, 3.05) is 18.9 Å². The minimum absolute atomic E-state index is 0.0357. The van der Waals surface area contributed by atoms with Crippen LogP contribution in [0.4, 0.5) is 18.9 Å². The van der Waals surface area contributed by atoms with Crippen LogP contribution in [-0.4, -0.2) is 40.1 Å². The molecule has 1 aromatic carbocycles. The Hall–Kier alpha value is -2.75. The Balaban J connectivity index is 2.25. The summed E-state index contributed by atoms with van der Waals surface area (Å²) in [5.41, 5.74) is 5.36. The van der Waals surface area contributed by atoms with E-state index in [-0.39, 0.29) is 28.8 Å². The average molecular weight is 445 g/mol. The van der Waals surface area contributed by atoms with E-state index in [0.717, 1.165) is 6.20 Å². The van der Waals surface area contributed by atoms with E-state index in [9.17, 15) is 18.0 Å². The van der Waals surface area contributed by atoms with Gasteiger partial charge in [0.1, 0.15) is 11.5 Å². The zero-order chi connectivity index (χ0) is 22.6. The number of aliphatic imine (C=N–C) groups is 1. The molecule has 0 aliphatic heterocycles. The van der Waals surface area contributed by atoms with Crippen molar-refractivity contribution in [2.24, 2.45) is 10.7 Å². The summed E-state index contributed by atoms with van der Waals surface area (Å²) in [6.45, 7) is 2.57. The molecule has 0 aliphatic rings. The zero-order valence-corrected chi connectivity index (χ0v) is 17.8. The van der Waals surface area contributed by atoms with Gasteiger partial charge in [0.15, 0.2) is 5.96 Å². The molecule has 2 aromatic rings. The number of halogens is 4. The number of rotatable bonds is 7. The van der Waals surface area contributed by atoms with Crippen LogP contribution in [0.5, 0.6) is 0 Å². The van der Waals surface area contributed by atoms with Crippen molar-refractivity contribution < 1.29 is 18.0 Å². The summed E-state index contributed by atoms with van der Waals surface area (Å²) < 4.78 is 40.5. The number of amides is 1. The number of anilines is 1. The molecule has 1 aromatic heterocycles. The number of benzene rings is 1. The molecule has 30 heavy (non-hydrogen) atoms. The highest BCUT2D eigenvalue weighted by molar-refractivity contribution is 6.31. The van der Waals surface area contributed by atoms with Crippen molar-refractivity contribution in [3.05, 3.63) is 46.5 Å². The molecule has 2 rings (SSSR count). The monoisotopic (exact) mass is 444 g/mol. The van der Waals surface area contributed by atoms with E-state index in [4.69, 9.17) is 17.3 Å². The fraction of sp³-hybridized carbons (Fsp3) is 0.421. The first kappa shape index (κ1) is 23.5. The van der Waals surface area contributed by atoms with E-state index >= 15 is 0 Å². The van der Waals surface area contributed by atoms with Crippen LogP contribution in [0.3, 0.4) is 0 Å². The molecule has 0 saturated carbocycles. The molecule has 0 saturated heterocycles. The number of hydrogen-bond donors (Lipinski definition) is 2. The maximum atomic E-state index is 14.6. The molecule has 164 valence electrons. The first-order valence-corrected chi connectivity index (χ1v) is 9.50. The van der Waals surface area contributed by atoms with Crippen LogP contribution in [0.2, 0.25) is 5.02 Å². The van der Waals surface area contributed by atoms with Crippen molar-refractivity contribution in [3.8, 4) is 0 Å². The number of guanidine groups is 1. The van der Waals surface area contributed by atoms with Crippen molar-refractivity contribution in [3.63, 3.8) is 0 Å². The Morgan fingerprint density at radius 1 is 1.43 bits per heavy atom. The largest absolute Gasteiger partial charge is 0.379 e. The van der Waals surface area contributed by atoms with E-state index in [1.165, 1.54) is 30.1 Å². The van der Waals surface area contributed by atoms with E-state index < -0.39 is 23.7 Å². The Bertz CT molecular complexity index is 944. The first-order valence-electron chi connectivity index (χ1n) is 9.12. The highest BCUT2D eigenvalue weighted by Crippen LogP contribution is 2.30. The number of hydrogen-bond acceptors (Lipinski definition) is 4. The van der Waals surface area contributed by atoms with Gasteiger partial charge >= 0.3 is 6.55 Å². The molecule has 1 amide bonds. The van der Waals surface area contributed by atoms with Crippen molar-refractivity contribution in [2.45, 2.75) is 39.3 Å². The molecule has 1 heterocycles. The number of nitrogens with one attached hydrogen (secondary N) is 1. The van der Waals surface area contributed by atoms with Crippen LogP contribution in [0.1, 0.15) is 38.6 Å². The van der Waals surface area contributed by atoms with Crippen LogP contribution < -0.4 is 11.1 Å². The highest BCUT2D eigenvalue weighted by Gasteiger charge is 2.36. The first-order chi connectivity index (χ1) is 14.0. The third-order valence-electron chi connectivity index (χ3n) is 4.56. The third kappa shape index (κ3) is 5.05. The quantitative estimate of drug-likeness (QED) is 0.502. The second-order valence-corrected chi connectivity index (χ2v) is 7.46. The van der Waals surface area contributed by atoms with Gasteiger partial charge in [0.05, 0.1) is 17.0 Å². The van der Waals surface area contributed by atoms with E-state index in [0.29, 0.717) is 16.9 Å². The molecule has 0 bridgehead atoms. The summed E-state index contributed by atoms with van der Waals surface area (Å²) in [5.74, 6) is -0.972. The Morgan fingerprint density at radius 3 is 2.67 bits per heavy atom. The summed E-state index contributed by atoms with van der Waals surface area (Å²) in [7, 11) is 1.47. The number of carbonyl (C=O) groups is 1. The van der Waals surface area contributed by atoms with Gasteiger partial charge in [-0.1, -0.05) is 11.6 Å². The number of carbonyl (C=O) groups excluding carboxylic acids is 1. The maximum Gasteiger partial charge on any atom is 0.333 e. The summed E-state index contributed by atoms with van der Waals surface area (Å²) in [6, 6.07) is 4.16. The van der Waals surface area contributed by atoms with Gasteiger partial charge in [0.25, 0.3) is 0 Å². The number of aromatic nitrogens is 2. The van der Waals surface area contributed by atoms with Crippen LogP contribution in [0, 0.1) is 5.82 Å². The standard InChI is InChI=1S/C19H24ClF3N6O/c1-5-25-18(24)28(4)16(30)19(2,3)12-8-11(6-7-14(12)21)26-9-15-13(20)10-29(27-15)17(22)23/h6-8,10,17,26H,5,9H2,1-4H3,(H2,24,25). The van der Waals surface area contributed by atoms with E-state index in [1.807, 2.05) is 0 Å². The molecule has 0 spiro atoms. The molecule has 3 N–H and O–H groups in total. The minimum Gasteiger partial charge on any atom is -0.379 e. The van der Waals surface area contributed by atoms with Crippen LogP contribution >= 0.6 is 11.6 Å². The topological polar surface area (TPSA) is 88.5 Å². The van der Waals surface area contributed by atoms with Gasteiger partial charge in [-0.05, 0) is 39.0 Å². The average Bonchev–Trinajstić information content (AvgIpc) is 3.07. The molecule has 7 nitrogen and oxygen atoms in total. The van der Waals surface area contributed by atoms with Gasteiger partial charge in [-0.3, -0.25) is 14.7 Å². The van der Waals surface area contributed by atoms with Gasteiger partial charge < -0.3 is 11.1 Å². The zero-order valence-electron chi connectivity index (χ0n) is 17.1. The molecule has 11 heteroatoms. The number of nitrogens with two attached hydrogens (primary N) is 1. The molecular weight excluding hydrogens is 421 g/mol. The fourth-order valence-corrected chi connectivity index (χ4v) is 3.04. The van der Waals surface area contributed by atoms with Crippen LogP contribution in [0.15, 0.2) is 29.4 Å². The third-order valence-corrected chi connectivity index (χ3v) is 4.88. The van der Waals surface area contributed by atoms with Crippen LogP contribution in [-0.2, 0) is 16.8 Å². The maximum absolute atomic E-state index is 14.6. The SMILES string of the molecule is CCN=C(N)N(C)C(=O)C(C)(C)c1cc(NCc2nn(C(F)F)cc2Cl)ccc1F. The summed E-state index contributed by atoms with van der Waals surface area (Å²) in [4.78, 5) is 18.1. The van der Waals surface area contributed by atoms with Crippen molar-refractivity contribution in [1.29, 1.82) is 0 Å².